The average Bonchev–Trinajstić information content (AvgIpc) is 2.91. The van der Waals surface area contributed by atoms with E-state index in [0.717, 1.165) is 37.7 Å². The molecule has 3 unspecified atom stereocenters. The highest BCUT2D eigenvalue weighted by Crippen LogP contribution is 2.17. The normalized spacial score (nSPS) is 30.6. The Morgan fingerprint density at radius 2 is 2.32 bits per heavy atom. The van der Waals surface area contributed by atoms with Gasteiger partial charge in [-0.15, -0.1) is 11.8 Å². The van der Waals surface area contributed by atoms with Crippen molar-refractivity contribution in [2.24, 2.45) is 0 Å². The van der Waals surface area contributed by atoms with E-state index in [1.54, 1.807) is 11.8 Å². The van der Waals surface area contributed by atoms with Gasteiger partial charge in [0.05, 0.1) is 12.1 Å². The summed E-state index contributed by atoms with van der Waals surface area (Å²) in [4.78, 5) is 16.7. The molecule has 19 heavy (non-hydrogen) atoms. The summed E-state index contributed by atoms with van der Waals surface area (Å²) in [5.41, 5.74) is 0. The fourth-order valence-corrected chi connectivity index (χ4v) is 3.77. The molecule has 5 nitrogen and oxygen atoms in total. The molecule has 0 aromatic rings. The zero-order chi connectivity index (χ0) is 13.8. The Hall–Kier alpha value is -0.300. The third-order valence-electron chi connectivity index (χ3n) is 3.90. The Balaban J connectivity index is 1.90. The molecule has 0 bridgehead atoms. The first-order valence-corrected chi connectivity index (χ1v) is 8.29. The van der Waals surface area contributed by atoms with Crippen LogP contribution in [0.15, 0.2) is 0 Å². The molecule has 3 atom stereocenters. The molecule has 6 heteroatoms. The number of rotatable bonds is 4. The number of nitrogens with one attached hydrogen (secondary N) is 1. The van der Waals surface area contributed by atoms with Crippen molar-refractivity contribution in [3.63, 3.8) is 0 Å². The van der Waals surface area contributed by atoms with E-state index >= 15 is 0 Å². The molecule has 2 rings (SSSR count). The summed E-state index contributed by atoms with van der Waals surface area (Å²) in [5.74, 6) is 2.03. The van der Waals surface area contributed by atoms with Crippen molar-refractivity contribution in [3.8, 4) is 0 Å². The molecule has 2 saturated heterocycles. The predicted molar refractivity (Wildman–Crippen MR) is 78.2 cm³/mol. The minimum Gasteiger partial charge on any atom is -0.392 e. The van der Waals surface area contributed by atoms with Gasteiger partial charge in [-0.25, -0.2) is 0 Å². The Morgan fingerprint density at radius 3 is 2.89 bits per heavy atom. The van der Waals surface area contributed by atoms with Gasteiger partial charge >= 0.3 is 0 Å². The number of hydrogen-bond donors (Lipinski definition) is 2. The lowest BCUT2D eigenvalue weighted by molar-refractivity contribution is -0.136. The van der Waals surface area contributed by atoms with E-state index in [9.17, 15) is 9.90 Å². The summed E-state index contributed by atoms with van der Waals surface area (Å²) in [7, 11) is 0. The van der Waals surface area contributed by atoms with Gasteiger partial charge in [-0.2, -0.15) is 0 Å². The first kappa shape index (κ1) is 15.1. The van der Waals surface area contributed by atoms with Crippen molar-refractivity contribution in [1.29, 1.82) is 0 Å². The largest absolute Gasteiger partial charge is 0.392 e. The van der Waals surface area contributed by atoms with Gasteiger partial charge in [-0.3, -0.25) is 15.0 Å². The van der Waals surface area contributed by atoms with Gasteiger partial charge in [0.1, 0.15) is 0 Å². The lowest BCUT2D eigenvalue weighted by Gasteiger charge is -2.42. The van der Waals surface area contributed by atoms with Gasteiger partial charge in [0.15, 0.2) is 0 Å². The fourth-order valence-electron chi connectivity index (χ4n) is 2.83. The summed E-state index contributed by atoms with van der Waals surface area (Å²) in [6.45, 7) is 7.13. The smallest absolute Gasteiger partial charge is 0.240 e. The second kappa shape index (κ2) is 6.92. The van der Waals surface area contributed by atoms with E-state index in [4.69, 9.17) is 0 Å². The highest BCUT2D eigenvalue weighted by molar-refractivity contribution is 7.99. The predicted octanol–water partition coefficient (Wildman–Crippen LogP) is -0.0475. The van der Waals surface area contributed by atoms with Gasteiger partial charge in [-0.1, -0.05) is 6.92 Å². The summed E-state index contributed by atoms with van der Waals surface area (Å²) < 4.78 is 0. The number of aliphatic hydroxyl groups is 1. The van der Waals surface area contributed by atoms with Gasteiger partial charge in [0, 0.05) is 43.9 Å². The number of carbonyl (C=O) groups excluding carboxylic acids is 1. The molecule has 110 valence electrons. The lowest BCUT2D eigenvalue weighted by atomic mass is 10.1. The second-order valence-electron chi connectivity index (χ2n) is 5.46. The Bertz CT molecular complexity index is 308. The van der Waals surface area contributed by atoms with Crippen LogP contribution in [-0.4, -0.2) is 76.8 Å². The molecule has 2 aliphatic heterocycles. The van der Waals surface area contributed by atoms with E-state index in [1.165, 1.54) is 0 Å². The molecule has 0 saturated carbocycles. The number of carbonyl (C=O) groups is 1. The number of piperazine rings is 1. The van der Waals surface area contributed by atoms with E-state index in [0.29, 0.717) is 12.6 Å². The minimum absolute atomic E-state index is 0.00539. The molecule has 0 aliphatic carbocycles. The van der Waals surface area contributed by atoms with Gasteiger partial charge < -0.3 is 10.0 Å². The molecule has 2 N–H and O–H groups in total. The third kappa shape index (κ3) is 3.84. The summed E-state index contributed by atoms with van der Waals surface area (Å²) in [6.07, 6.45) is 0.716. The van der Waals surface area contributed by atoms with Crippen LogP contribution >= 0.6 is 11.8 Å². The molecule has 1 amide bonds. The van der Waals surface area contributed by atoms with Crippen molar-refractivity contribution in [1.82, 2.24) is 15.1 Å². The van der Waals surface area contributed by atoms with Crippen LogP contribution in [-0.2, 0) is 4.79 Å². The first-order valence-electron chi connectivity index (χ1n) is 7.13. The standard InChI is InChI=1S/C13H25N3O2S/c1-3-11-7-16(5-4-15(11)6-10(2)17)13(18)12-8-19-9-14-12/h10-12,14,17H,3-9H2,1-2H3. The summed E-state index contributed by atoms with van der Waals surface area (Å²) >= 11 is 1.79. The first-order chi connectivity index (χ1) is 9.11. The van der Waals surface area contributed by atoms with Crippen LogP contribution < -0.4 is 5.32 Å². The van der Waals surface area contributed by atoms with Crippen LogP contribution in [0.1, 0.15) is 20.3 Å². The van der Waals surface area contributed by atoms with Gasteiger partial charge in [-0.05, 0) is 13.3 Å². The quantitative estimate of drug-likeness (QED) is 0.759. The number of aliphatic hydroxyl groups excluding tert-OH is 1. The topological polar surface area (TPSA) is 55.8 Å². The van der Waals surface area contributed by atoms with Gasteiger partial charge in [0.2, 0.25) is 5.91 Å². The van der Waals surface area contributed by atoms with Crippen LogP contribution in [0.5, 0.6) is 0 Å². The van der Waals surface area contributed by atoms with Crippen LogP contribution in [0, 0.1) is 0 Å². The zero-order valence-electron chi connectivity index (χ0n) is 11.8. The van der Waals surface area contributed by atoms with Crippen molar-refractivity contribution < 1.29 is 9.90 Å². The molecule has 0 radical (unpaired) electrons. The molecular formula is C13H25N3O2S. The summed E-state index contributed by atoms with van der Waals surface area (Å²) in [5, 5.41) is 12.8. The lowest BCUT2D eigenvalue weighted by Crippen LogP contribution is -2.58. The molecule has 2 fully saturated rings. The molecule has 0 aromatic carbocycles. The highest BCUT2D eigenvalue weighted by atomic mass is 32.2. The zero-order valence-corrected chi connectivity index (χ0v) is 12.7. The summed E-state index contributed by atoms with van der Waals surface area (Å²) in [6, 6.07) is 0.382. The Labute approximate surface area is 119 Å². The van der Waals surface area contributed by atoms with Crippen LogP contribution in [0.2, 0.25) is 0 Å². The van der Waals surface area contributed by atoms with Crippen molar-refractivity contribution >= 4 is 17.7 Å². The van der Waals surface area contributed by atoms with E-state index < -0.39 is 0 Å². The number of β-amino-alcohol motifs (C(OH)–C–C–N with tert-alkyl or cyclic N) is 1. The second-order valence-corrected chi connectivity index (χ2v) is 6.49. The molecule has 0 aromatic heterocycles. The Kier molecular flexibility index (Phi) is 5.50. The SMILES string of the molecule is CCC1CN(C(=O)C2CSCN2)CCN1CC(C)O. The average molecular weight is 287 g/mol. The van der Waals surface area contributed by atoms with Crippen molar-refractivity contribution in [2.75, 3.05) is 37.8 Å². The van der Waals surface area contributed by atoms with Gasteiger partial charge in [0.25, 0.3) is 0 Å². The van der Waals surface area contributed by atoms with Crippen LogP contribution in [0.4, 0.5) is 0 Å². The number of hydrogen-bond acceptors (Lipinski definition) is 5. The number of thioether (sulfide) groups is 1. The maximum Gasteiger partial charge on any atom is 0.240 e. The Morgan fingerprint density at radius 1 is 1.53 bits per heavy atom. The molecular weight excluding hydrogens is 262 g/mol. The highest BCUT2D eigenvalue weighted by Gasteiger charge is 2.33. The van der Waals surface area contributed by atoms with Crippen molar-refractivity contribution in [2.45, 2.75) is 38.5 Å². The van der Waals surface area contributed by atoms with Crippen LogP contribution in [0.25, 0.3) is 0 Å². The molecule has 0 spiro atoms. The minimum atomic E-state index is -0.302. The van der Waals surface area contributed by atoms with E-state index in [2.05, 4.69) is 17.1 Å². The van der Waals surface area contributed by atoms with E-state index in [-0.39, 0.29) is 18.1 Å². The third-order valence-corrected chi connectivity index (χ3v) is 4.84. The van der Waals surface area contributed by atoms with Crippen LogP contribution in [0.3, 0.4) is 0 Å². The van der Waals surface area contributed by atoms with E-state index in [1.807, 2.05) is 11.8 Å². The fraction of sp³-hybridized carbons (Fsp3) is 0.923. The maximum absolute atomic E-state index is 12.4. The monoisotopic (exact) mass is 287 g/mol. The molecule has 2 aliphatic rings. The number of amides is 1. The van der Waals surface area contributed by atoms with Crippen molar-refractivity contribution in [3.05, 3.63) is 0 Å². The number of nitrogens with zero attached hydrogens (tertiary/aromatic N) is 2. The molecule has 2 heterocycles. The maximum atomic E-state index is 12.4.